The molecule has 0 unspecified atom stereocenters. The number of hydrogen-bond donors (Lipinski definition) is 2. The number of primary amides is 1. The molecule has 0 aliphatic heterocycles. The van der Waals surface area contributed by atoms with Crippen LogP contribution in [0.1, 0.15) is 34.3 Å². The Bertz CT molecular complexity index is 771. The minimum absolute atomic E-state index is 0.0457. The van der Waals surface area contributed by atoms with Gasteiger partial charge in [-0.1, -0.05) is 24.3 Å². The number of nitrogens with two attached hydrogens (primary N) is 1. The minimum Gasteiger partial charge on any atom is -0.352 e. The molecule has 2 aromatic carbocycles. The fourth-order valence-corrected chi connectivity index (χ4v) is 2.78. The summed E-state index contributed by atoms with van der Waals surface area (Å²) in [5.74, 6) is 0.225. The molecule has 1 aliphatic rings. The van der Waals surface area contributed by atoms with Crippen LogP contribution in [-0.2, 0) is 13.1 Å². The number of urea groups is 1. The topological polar surface area (TPSA) is 75.4 Å². The lowest BCUT2D eigenvalue weighted by molar-refractivity contribution is 0.0735. The number of hydrogen-bond acceptors (Lipinski definition) is 2. The van der Waals surface area contributed by atoms with Gasteiger partial charge in [0, 0.05) is 25.2 Å². The van der Waals surface area contributed by atoms with Gasteiger partial charge in [-0.15, -0.1) is 0 Å². The van der Waals surface area contributed by atoms with E-state index in [9.17, 15) is 14.0 Å². The van der Waals surface area contributed by atoms with Gasteiger partial charge < -0.3 is 16.0 Å². The average molecular weight is 355 g/mol. The maximum atomic E-state index is 13.1. The molecule has 0 heterocycles. The fraction of sp³-hybridized carbons (Fsp3) is 0.300. The van der Waals surface area contributed by atoms with Crippen LogP contribution in [0.15, 0.2) is 48.5 Å². The Balaban J connectivity index is 1.69. The van der Waals surface area contributed by atoms with Crippen molar-refractivity contribution in [3.05, 3.63) is 71.0 Å². The van der Waals surface area contributed by atoms with Gasteiger partial charge in [0.2, 0.25) is 0 Å². The molecule has 1 fully saturated rings. The third-order valence-corrected chi connectivity index (χ3v) is 4.42. The maximum Gasteiger partial charge on any atom is 0.312 e. The zero-order valence-electron chi connectivity index (χ0n) is 14.5. The first kappa shape index (κ1) is 17.9. The van der Waals surface area contributed by atoms with E-state index in [0.717, 1.165) is 24.0 Å². The Morgan fingerprint density at radius 3 is 2.23 bits per heavy atom. The number of carbonyl (C=O) groups is 2. The molecule has 6 heteroatoms. The molecule has 3 N–H and O–H groups in total. The van der Waals surface area contributed by atoms with Crippen molar-refractivity contribution < 1.29 is 14.0 Å². The van der Waals surface area contributed by atoms with Crippen molar-refractivity contribution >= 4 is 11.9 Å². The second kappa shape index (κ2) is 7.99. The Morgan fingerprint density at radius 2 is 1.65 bits per heavy atom. The first-order valence-corrected chi connectivity index (χ1v) is 8.67. The lowest BCUT2D eigenvalue weighted by Gasteiger charge is -2.23. The molecule has 0 atom stereocenters. The molecule has 1 aliphatic carbocycles. The van der Waals surface area contributed by atoms with Crippen molar-refractivity contribution in [2.24, 2.45) is 11.7 Å². The molecule has 5 nitrogen and oxygen atoms in total. The Kier molecular flexibility index (Phi) is 5.51. The smallest absolute Gasteiger partial charge is 0.312 e. The largest absolute Gasteiger partial charge is 0.352 e. The predicted octanol–water partition coefficient (Wildman–Crippen LogP) is 3.05. The Morgan fingerprint density at radius 1 is 1.04 bits per heavy atom. The molecule has 1 saturated carbocycles. The first-order chi connectivity index (χ1) is 12.5. The monoisotopic (exact) mass is 355 g/mol. The van der Waals surface area contributed by atoms with Crippen molar-refractivity contribution in [2.75, 3.05) is 6.54 Å². The van der Waals surface area contributed by atoms with Crippen LogP contribution in [-0.4, -0.2) is 23.4 Å². The molecule has 0 aromatic heterocycles. The Labute approximate surface area is 152 Å². The van der Waals surface area contributed by atoms with Gasteiger partial charge in [-0.3, -0.25) is 4.79 Å². The number of nitrogens with one attached hydrogen (secondary N) is 1. The van der Waals surface area contributed by atoms with E-state index in [1.807, 2.05) is 4.90 Å². The summed E-state index contributed by atoms with van der Waals surface area (Å²) in [4.78, 5) is 25.5. The summed E-state index contributed by atoms with van der Waals surface area (Å²) in [6, 6.07) is 12.8. The highest BCUT2D eigenvalue weighted by Crippen LogP contribution is 2.30. The van der Waals surface area contributed by atoms with E-state index in [2.05, 4.69) is 5.32 Å². The summed E-state index contributed by atoms with van der Waals surface area (Å²) < 4.78 is 13.1. The number of nitrogens with zero attached hydrogens (tertiary/aromatic N) is 1. The molecule has 0 saturated heterocycles. The van der Waals surface area contributed by atoms with E-state index >= 15 is 0 Å². The third-order valence-electron chi connectivity index (χ3n) is 4.42. The summed E-state index contributed by atoms with van der Waals surface area (Å²) in [5, 5.41) is 2.52. The van der Waals surface area contributed by atoms with Crippen molar-refractivity contribution in [1.82, 2.24) is 10.2 Å². The van der Waals surface area contributed by atoms with Gasteiger partial charge in [0.05, 0.1) is 0 Å². The summed E-state index contributed by atoms with van der Waals surface area (Å²) in [6.07, 6.45) is 2.29. The van der Waals surface area contributed by atoms with E-state index in [1.165, 1.54) is 12.1 Å². The van der Waals surface area contributed by atoms with E-state index in [4.69, 9.17) is 5.73 Å². The molecule has 3 rings (SSSR count). The van der Waals surface area contributed by atoms with Crippen LogP contribution in [0.3, 0.4) is 0 Å². The fourth-order valence-electron chi connectivity index (χ4n) is 2.78. The van der Waals surface area contributed by atoms with Crippen molar-refractivity contribution in [2.45, 2.75) is 25.9 Å². The molecule has 3 amide bonds. The van der Waals surface area contributed by atoms with Crippen LogP contribution < -0.4 is 11.1 Å². The van der Waals surface area contributed by atoms with Gasteiger partial charge in [0.1, 0.15) is 5.82 Å². The SMILES string of the molecule is NC(=O)NCc1ccc(C(=O)N(Cc2ccc(F)cc2)CC2CC2)cc1. The highest BCUT2D eigenvalue weighted by molar-refractivity contribution is 5.94. The highest BCUT2D eigenvalue weighted by Gasteiger charge is 2.27. The normalized spacial score (nSPS) is 13.3. The van der Waals surface area contributed by atoms with Gasteiger partial charge in [-0.05, 0) is 54.2 Å². The number of carbonyl (C=O) groups excluding carboxylic acids is 2. The lowest BCUT2D eigenvalue weighted by Crippen LogP contribution is -2.32. The Hall–Kier alpha value is -2.89. The molecule has 0 spiro atoms. The second-order valence-electron chi connectivity index (χ2n) is 6.67. The van der Waals surface area contributed by atoms with E-state index < -0.39 is 6.03 Å². The highest BCUT2D eigenvalue weighted by atomic mass is 19.1. The lowest BCUT2D eigenvalue weighted by atomic mass is 10.1. The van der Waals surface area contributed by atoms with Crippen molar-refractivity contribution in [1.29, 1.82) is 0 Å². The third kappa shape index (κ3) is 5.05. The molecular formula is C20H22FN3O2. The number of benzene rings is 2. The van der Waals surface area contributed by atoms with Crippen LogP contribution in [0.25, 0.3) is 0 Å². The van der Waals surface area contributed by atoms with E-state index in [0.29, 0.717) is 31.1 Å². The van der Waals surface area contributed by atoms with Crippen LogP contribution in [0.2, 0.25) is 0 Å². The van der Waals surface area contributed by atoms with Gasteiger partial charge in [0.15, 0.2) is 0 Å². The standard InChI is InChI=1S/C20H22FN3O2/c21-18-9-5-16(6-10-18)13-24(12-15-1-2-15)19(25)17-7-3-14(4-8-17)11-23-20(22)26/h3-10,15H,1-2,11-13H2,(H3,22,23,26). The van der Waals surface area contributed by atoms with Crippen molar-refractivity contribution in [3.63, 3.8) is 0 Å². The minimum atomic E-state index is -0.583. The summed E-state index contributed by atoms with van der Waals surface area (Å²) in [7, 11) is 0. The zero-order valence-corrected chi connectivity index (χ0v) is 14.5. The van der Waals surface area contributed by atoms with Gasteiger partial charge in [-0.2, -0.15) is 0 Å². The molecule has 26 heavy (non-hydrogen) atoms. The van der Waals surface area contributed by atoms with E-state index in [1.54, 1.807) is 36.4 Å². The first-order valence-electron chi connectivity index (χ1n) is 8.67. The average Bonchev–Trinajstić information content (AvgIpc) is 3.45. The summed E-state index contributed by atoms with van der Waals surface area (Å²) in [5.41, 5.74) is 7.43. The van der Waals surface area contributed by atoms with Gasteiger partial charge in [-0.25, -0.2) is 9.18 Å². The quantitative estimate of drug-likeness (QED) is 0.801. The van der Waals surface area contributed by atoms with Crippen molar-refractivity contribution in [3.8, 4) is 0 Å². The maximum absolute atomic E-state index is 13.1. The van der Waals surface area contributed by atoms with Crippen LogP contribution in [0.4, 0.5) is 9.18 Å². The van der Waals surface area contributed by atoms with Crippen LogP contribution >= 0.6 is 0 Å². The summed E-state index contributed by atoms with van der Waals surface area (Å²) >= 11 is 0. The molecule has 136 valence electrons. The van der Waals surface area contributed by atoms with Gasteiger partial charge in [0.25, 0.3) is 5.91 Å². The van der Waals surface area contributed by atoms with Crippen LogP contribution in [0, 0.1) is 11.7 Å². The summed E-state index contributed by atoms with van der Waals surface area (Å²) in [6.45, 7) is 1.49. The number of halogens is 1. The molecule has 0 radical (unpaired) electrons. The molecule has 2 aromatic rings. The number of amides is 3. The van der Waals surface area contributed by atoms with E-state index in [-0.39, 0.29) is 11.7 Å². The second-order valence-corrected chi connectivity index (χ2v) is 6.67. The van der Waals surface area contributed by atoms with Crippen LogP contribution in [0.5, 0.6) is 0 Å². The molecular weight excluding hydrogens is 333 g/mol. The number of rotatable bonds is 7. The van der Waals surface area contributed by atoms with Gasteiger partial charge >= 0.3 is 6.03 Å². The zero-order chi connectivity index (χ0) is 18.5. The molecule has 0 bridgehead atoms. The predicted molar refractivity (Wildman–Crippen MR) is 96.7 cm³/mol.